The van der Waals surface area contributed by atoms with Gasteiger partial charge in [-0.1, -0.05) is 18.6 Å². The Balaban J connectivity index is 1.62. The Morgan fingerprint density at radius 1 is 1.24 bits per heavy atom. The second-order valence-corrected chi connectivity index (χ2v) is 8.11. The summed E-state index contributed by atoms with van der Waals surface area (Å²) in [7, 11) is 0. The molecule has 0 bridgehead atoms. The number of rotatable bonds is 7. The van der Waals surface area contributed by atoms with Crippen molar-refractivity contribution in [2.45, 2.75) is 52.0 Å². The lowest BCUT2D eigenvalue weighted by molar-refractivity contribution is -0.122. The van der Waals surface area contributed by atoms with Crippen molar-refractivity contribution in [3.05, 3.63) is 29.8 Å². The fourth-order valence-electron chi connectivity index (χ4n) is 3.96. The highest BCUT2D eigenvalue weighted by Crippen LogP contribution is 2.27. The normalized spacial score (nSPS) is 20.1. The van der Waals surface area contributed by atoms with E-state index in [9.17, 15) is 9.59 Å². The van der Waals surface area contributed by atoms with Gasteiger partial charge in [-0.05, 0) is 56.2 Å². The first kappa shape index (κ1) is 21.1. The van der Waals surface area contributed by atoms with Crippen LogP contribution in [0.25, 0.3) is 0 Å². The van der Waals surface area contributed by atoms with Crippen molar-refractivity contribution >= 4 is 23.5 Å². The Kier molecular flexibility index (Phi) is 7.49. The molecule has 3 rings (SSSR count). The van der Waals surface area contributed by atoms with E-state index in [4.69, 9.17) is 10.7 Å². The third-order valence-electron chi connectivity index (χ3n) is 5.73. The maximum Gasteiger partial charge on any atom is 0.227 e. The van der Waals surface area contributed by atoms with Crippen LogP contribution in [0.15, 0.2) is 29.3 Å². The van der Waals surface area contributed by atoms with Gasteiger partial charge < -0.3 is 21.3 Å². The molecule has 1 unspecified atom stereocenters. The molecule has 1 aliphatic heterocycles. The standard InChI is InChI=1S/C22H33N5O2/c1-2-24-22(27-11-5-7-17(15-27)13-20(23)28)25-14-16-6-3-10-19(12-16)26-21(29)18-8-4-9-18/h3,6,10,12,17-18H,2,4-5,7-9,11,13-15H2,1H3,(H2,23,28)(H,24,25)(H,26,29). The number of carbonyl (C=O) groups is 2. The van der Waals surface area contributed by atoms with Gasteiger partial charge in [-0.3, -0.25) is 9.59 Å². The molecule has 0 spiro atoms. The number of anilines is 1. The average molecular weight is 400 g/mol. The second kappa shape index (κ2) is 10.3. The maximum absolute atomic E-state index is 12.2. The van der Waals surface area contributed by atoms with E-state index >= 15 is 0 Å². The van der Waals surface area contributed by atoms with Crippen LogP contribution in [0.2, 0.25) is 0 Å². The molecule has 2 amide bonds. The van der Waals surface area contributed by atoms with Gasteiger partial charge in [-0.25, -0.2) is 4.99 Å². The molecule has 1 atom stereocenters. The van der Waals surface area contributed by atoms with Crippen molar-refractivity contribution in [2.75, 3.05) is 25.0 Å². The Labute approximate surface area is 173 Å². The number of hydrogen-bond donors (Lipinski definition) is 3. The number of carbonyl (C=O) groups excluding carboxylic acids is 2. The first-order valence-corrected chi connectivity index (χ1v) is 10.8. The van der Waals surface area contributed by atoms with E-state index in [1.807, 2.05) is 24.3 Å². The van der Waals surface area contributed by atoms with Crippen molar-refractivity contribution in [1.29, 1.82) is 0 Å². The Morgan fingerprint density at radius 2 is 2.07 bits per heavy atom. The molecule has 1 saturated heterocycles. The molecule has 7 heteroatoms. The third-order valence-corrected chi connectivity index (χ3v) is 5.73. The van der Waals surface area contributed by atoms with Crippen LogP contribution in [-0.2, 0) is 16.1 Å². The highest BCUT2D eigenvalue weighted by Gasteiger charge is 2.25. The van der Waals surface area contributed by atoms with E-state index in [0.29, 0.717) is 13.0 Å². The zero-order chi connectivity index (χ0) is 20.6. The monoisotopic (exact) mass is 399 g/mol. The molecule has 4 N–H and O–H groups in total. The molecular weight excluding hydrogens is 366 g/mol. The molecule has 158 valence electrons. The van der Waals surface area contributed by atoms with Gasteiger partial charge in [0.2, 0.25) is 11.8 Å². The van der Waals surface area contributed by atoms with Gasteiger partial charge in [0.05, 0.1) is 6.54 Å². The summed E-state index contributed by atoms with van der Waals surface area (Å²) >= 11 is 0. The van der Waals surface area contributed by atoms with Crippen LogP contribution in [0.4, 0.5) is 5.69 Å². The number of hydrogen-bond acceptors (Lipinski definition) is 3. The third kappa shape index (κ3) is 6.21. The molecule has 1 aromatic carbocycles. The van der Waals surface area contributed by atoms with E-state index in [1.165, 1.54) is 0 Å². The molecule has 2 fully saturated rings. The predicted octanol–water partition coefficient (Wildman–Crippen LogP) is 2.48. The number of aliphatic imine (C=N–C) groups is 1. The predicted molar refractivity (Wildman–Crippen MR) is 115 cm³/mol. The molecule has 0 radical (unpaired) electrons. The van der Waals surface area contributed by atoms with Crippen molar-refractivity contribution < 1.29 is 9.59 Å². The number of nitrogens with two attached hydrogens (primary N) is 1. The number of primary amides is 1. The summed E-state index contributed by atoms with van der Waals surface area (Å²) in [5.41, 5.74) is 7.27. The second-order valence-electron chi connectivity index (χ2n) is 8.11. The number of nitrogens with zero attached hydrogens (tertiary/aromatic N) is 2. The molecule has 7 nitrogen and oxygen atoms in total. The SMILES string of the molecule is CCNC(=NCc1cccc(NC(=O)C2CCC2)c1)N1CCCC(CC(N)=O)C1. The highest BCUT2D eigenvalue weighted by molar-refractivity contribution is 5.93. The van der Waals surface area contributed by atoms with Crippen molar-refractivity contribution in [1.82, 2.24) is 10.2 Å². The van der Waals surface area contributed by atoms with E-state index in [-0.39, 0.29) is 23.7 Å². The number of benzene rings is 1. The Morgan fingerprint density at radius 3 is 2.76 bits per heavy atom. The quantitative estimate of drug-likeness (QED) is 0.484. The zero-order valence-electron chi connectivity index (χ0n) is 17.3. The minimum atomic E-state index is -0.237. The smallest absolute Gasteiger partial charge is 0.227 e. The van der Waals surface area contributed by atoms with Crippen LogP contribution in [0.3, 0.4) is 0 Å². The van der Waals surface area contributed by atoms with Crippen LogP contribution in [0.1, 0.15) is 51.0 Å². The van der Waals surface area contributed by atoms with Gasteiger partial charge in [0.25, 0.3) is 0 Å². The molecule has 1 aliphatic carbocycles. The summed E-state index contributed by atoms with van der Waals surface area (Å²) < 4.78 is 0. The highest BCUT2D eigenvalue weighted by atomic mass is 16.2. The van der Waals surface area contributed by atoms with Crippen molar-refractivity contribution in [3.8, 4) is 0 Å². The van der Waals surface area contributed by atoms with Crippen molar-refractivity contribution in [2.24, 2.45) is 22.6 Å². The van der Waals surface area contributed by atoms with E-state index in [0.717, 1.165) is 68.9 Å². The van der Waals surface area contributed by atoms with Crippen molar-refractivity contribution in [3.63, 3.8) is 0 Å². The van der Waals surface area contributed by atoms with Gasteiger partial charge >= 0.3 is 0 Å². The Hall–Kier alpha value is -2.57. The van der Waals surface area contributed by atoms with Gasteiger partial charge in [0.15, 0.2) is 5.96 Å². The number of guanidine groups is 1. The summed E-state index contributed by atoms with van der Waals surface area (Å²) in [5.74, 6) is 1.21. The van der Waals surface area contributed by atoms with Crippen LogP contribution < -0.4 is 16.4 Å². The van der Waals surface area contributed by atoms with Crippen LogP contribution in [0, 0.1) is 11.8 Å². The van der Waals surface area contributed by atoms with Crippen LogP contribution in [-0.4, -0.2) is 42.3 Å². The van der Waals surface area contributed by atoms with E-state index in [2.05, 4.69) is 22.5 Å². The summed E-state index contributed by atoms with van der Waals surface area (Å²) in [6.45, 7) is 5.10. The Bertz CT molecular complexity index is 744. The maximum atomic E-state index is 12.2. The summed E-state index contributed by atoms with van der Waals surface area (Å²) in [5, 5.41) is 6.39. The molecule has 1 saturated carbocycles. The molecule has 1 heterocycles. The lowest BCUT2D eigenvalue weighted by Gasteiger charge is -2.34. The molecule has 29 heavy (non-hydrogen) atoms. The fourth-order valence-corrected chi connectivity index (χ4v) is 3.96. The van der Waals surface area contributed by atoms with Gasteiger partial charge in [0.1, 0.15) is 0 Å². The van der Waals surface area contributed by atoms with Crippen LogP contribution in [0.5, 0.6) is 0 Å². The lowest BCUT2D eigenvalue weighted by Crippen LogP contribution is -2.47. The van der Waals surface area contributed by atoms with E-state index in [1.54, 1.807) is 0 Å². The average Bonchev–Trinajstić information content (AvgIpc) is 2.63. The summed E-state index contributed by atoms with van der Waals surface area (Å²) in [6.07, 6.45) is 5.63. The zero-order valence-corrected chi connectivity index (χ0v) is 17.3. The number of amides is 2. The largest absolute Gasteiger partial charge is 0.370 e. The lowest BCUT2D eigenvalue weighted by atomic mass is 9.85. The van der Waals surface area contributed by atoms with Gasteiger partial charge in [0, 0.05) is 37.7 Å². The van der Waals surface area contributed by atoms with Crippen LogP contribution >= 0.6 is 0 Å². The minimum Gasteiger partial charge on any atom is -0.370 e. The molecule has 2 aliphatic rings. The fraction of sp³-hybridized carbons (Fsp3) is 0.591. The summed E-state index contributed by atoms with van der Waals surface area (Å²) in [4.78, 5) is 30.5. The topological polar surface area (TPSA) is 99.8 Å². The first-order chi connectivity index (χ1) is 14.0. The molecular formula is C22H33N5O2. The van der Waals surface area contributed by atoms with Gasteiger partial charge in [-0.2, -0.15) is 0 Å². The number of piperidine rings is 1. The minimum absolute atomic E-state index is 0.124. The van der Waals surface area contributed by atoms with Gasteiger partial charge in [-0.15, -0.1) is 0 Å². The molecule has 1 aromatic rings. The number of nitrogens with one attached hydrogen (secondary N) is 2. The molecule has 0 aromatic heterocycles. The number of likely N-dealkylation sites (tertiary alicyclic amines) is 1. The summed E-state index contributed by atoms with van der Waals surface area (Å²) in [6, 6.07) is 7.90. The first-order valence-electron chi connectivity index (χ1n) is 10.8. The van der Waals surface area contributed by atoms with E-state index < -0.39 is 0 Å².